The molecule has 1 unspecified atom stereocenters. The van der Waals surface area contributed by atoms with E-state index in [0.717, 1.165) is 32.0 Å². The van der Waals surface area contributed by atoms with Crippen LogP contribution in [0.4, 0.5) is 17.6 Å². The van der Waals surface area contributed by atoms with Crippen molar-refractivity contribution < 1.29 is 22.7 Å². The minimum atomic E-state index is -4.54. The van der Waals surface area contributed by atoms with Gasteiger partial charge >= 0.3 is 6.18 Å². The van der Waals surface area contributed by atoms with Gasteiger partial charge in [-0.2, -0.15) is 13.2 Å². The van der Waals surface area contributed by atoms with Gasteiger partial charge in [0.2, 0.25) is 0 Å². The maximum Gasteiger partial charge on any atom is 0.416 e. The first-order chi connectivity index (χ1) is 11.8. The summed E-state index contributed by atoms with van der Waals surface area (Å²) in [6.45, 7) is 3.85. The third kappa shape index (κ3) is 4.71. The summed E-state index contributed by atoms with van der Waals surface area (Å²) in [7, 11) is 0. The molecule has 3 nitrogen and oxygen atoms in total. The number of nitrogens with zero attached hydrogens (tertiary/aromatic N) is 2. The van der Waals surface area contributed by atoms with Crippen LogP contribution in [0.3, 0.4) is 0 Å². The maximum absolute atomic E-state index is 14.0. The quantitative estimate of drug-likeness (QED) is 0.835. The summed E-state index contributed by atoms with van der Waals surface area (Å²) in [6.07, 6.45) is -0.408. The van der Waals surface area contributed by atoms with E-state index in [4.69, 9.17) is 0 Å². The SMILES string of the molecule is OC1(CN2CCCCC2)CCN(Cc2ccc(C(F)(F)F)cc2F)C1. The lowest BCUT2D eigenvalue weighted by Gasteiger charge is -2.33. The van der Waals surface area contributed by atoms with Crippen LogP contribution in [0.15, 0.2) is 18.2 Å². The van der Waals surface area contributed by atoms with Gasteiger partial charge in [0.15, 0.2) is 0 Å². The molecule has 1 aromatic rings. The van der Waals surface area contributed by atoms with Gasteiger partial charge in [-0.05, 0) is 44.5 Å². The van der Waals surface area contributed by atoms with Crippen molar-refractivity contribution in [1.29, 1.82) is 0 Å². The van der Waals surface area contributed by atoms with E-state index in [1.165, 1.54) is 12.5 Å². The smallest absolute Gasteiger partial charge is 0.387 e. The molecule has 140 valence electrons. The molecule has 2 fully saturated rings. The van der Waals surface area contributed by atoms with Crippen LogP contribution < -0.4 is 0 Å². The summed E-state index contributed by atoms with van der Waals surface area (Å²) in [6, 6.07) is 2.65. The number of β-amino-alcohol motifs (C(OH)–C–C–N with tert-alkyl or cyclic N) is 1. The van der Waals surface area contributed by atoms with Crippen molar-refractivity contribution in [3.05, 3.63) is 35.1 Å². The van der Waals surface area contributed by atoms with Crippen LogP contribution in [0.5, 0.6) is 0 Å². The lowest BCUT2D eigenvalue weighted by molar-refractivity contribution is -0.137. The Kier molecular flexibility index (Phi) is 5.37. The van der Waals surface area contributed by atoms with Crippen molar-refractivity contribution in [2.75, 3.05) is 32.7 Å². The van der Waals surface area contributed by atoms with Crippen molar-refractivity contribution in [3.8, 4) is 0 Å². The molecule has 0 saturated carbocycles. The Morgan fingerprint density at radius 3 is 2.40 bits per heavy atom. The van der Waals surface area contributed by atoms with Crippen molar-refractivity contribution in [1.82, 2.24) is 9.80 Å². The first-order valence-corrected chi connectivity index (χ1v) is 8.78. The lowest BCUT2D eigenvalue weighted by Crippen LogP contribution is -2.46. The number of halogens is 4. The van der Waals surface area contributed by atoms with Crippen molar-refractivity contribution in [2.45, 2.75) is 44.0 Å². The van der Waals surface area contributed by atoms with Crippen LogP contribution in [0.2, 0.25) is 0 Å². The molecule has 1 atom stereocenters. The highest BCUT2D eigenvalue weighted by Crippen LogP contribution is 2.31. The van der Waals surface area contributed by atoms with E-state index in [9.17, 15) is 22.7 Å². The van der Waals surface area contributed by atoms with Gasteiger partial charge in [-0.3, -0.25) is 4.90 Å². The fraction of sp³-hybridized carbons (Fsp3) is 0.667. The molecule has 0 aliphatic carbocycles. The molecule has 0 aromatic heterocycles. The van der Waals surface area contributed by atoms with Crippen LogP contribution in [0.25, 0.3) is 0 Å². The third-order valence-corrected chi connectivity index (χ3v) is 5.15. The van der Waals surface area contributed by atoms with E-state index in [1.807, 2.05) is 4.90 Å². The molecule has 1 aromatic carbocycles. The van der Waals surface area contributed by atoms with Gasteiger partial charge in [0.1, 0.15) is 5.82 Å². The Morgan fingerprint density at radius 2 is 1.76 bits per heavy atom. The molecule has 0 bridgehead atoms. The number of hydrogen-bond donors (Lipinski definition) is 1. The zero-order chi connectivity index (χ0) is 18.1. The molecular weight excluding hydrogens is 336 g/mol. The number of hydrogen-bond acceptors (Lipinski definition) is 3. The fourth-order valence-corrected chi connectivity index (χ4v) is 3.83. The molecule has 25 heavy (non-hydrogen) atoms. The molecule has 2 aliphatic rings. The summed E-state index contributed by atoms with van der Waals surface area (Å²) >= 11 is 0. The van der Waals surface area contributed by atoms with Gasteiger partial charge in [-0.15, -0.1) is 0 Å². The summed E-state index contributed by atoms with van der Waals surface area (Å²) in [4.78, 5) is 4.18. The average Bonchev–Trinajstić information content (AvgIpc) is 2.90. The highest BCUT2D eigenvalue weighted by Gasteiger charge is 2.38. The van der Waals surface area contributed by atoms with Gasteiger partial charge in [0.25, 0.3) is 0 Å². The second kappa shape index (κ2) is 7.21. The molecule has 0 spiro atoms. The molecule has 2 heterocycles. The van der Waals surface area contributed by atoms with Gasteiger partial charge in [-0.1, -0.05) is 12.5 Å². The van der Waals surface area contributed by atoms with E-state index in [-0.39, 0.29) is 12.1 Å². The second-order valence-corrected chi connectivity index (χ2v) is 7.33. The Balaban J connectivity index is 1.59. The van der Waals surface area contributed by atoms with Crippen molar-refractivity contribution >= 4 is 0 Å². The summed E-state index contributed by atoms with van der Waals surface area (Å²) < 4.78 is 51.8. The molecule has 3 rings (SSSR count). The lowest BCUT2D eigenvalue weighted by atomic mass is 10.0. The van der Waals surface area contributed by atoms with E-state index in [2.05, 4.69) is 4.90 Å². The van der Waals surface area contributed by atoms with Gasteiger partial charge in [-0.25, -0.2) is 4.39 Å². The predicted molar refractivity (Wildman–Crippen MR) is 86.5 cm³/mol. The van der Waals surface area contributed by atoms with Crippen molar-refractivity contribution in [3.63, 3.8) is 0 Å². The first kappa shape index (κ1) is 18.6. The Labute approximate surface area is 145 Å². The maximum atomic E-state index is 14.0. The number of aliphatic hydroxyl groups is 1. The largest absolute Gasteiger partial charge is 0.416 e. The Morgan fingerprint density at radius 1 is 1.04 bits per heavy atom. The highest BCUT2D eigenvalue weighted by molar-refractivity contribution is 5.26. The van der Waals surface area contributed by atoms with Gasteiger partial charge < -0.3 is 10.0 Å². The average molecular weight is 360 g/mol. The standard InChI is InChI=1S/C18H24F4N2O/c19-16-10-15(18(20,21)22)5-4-14(16)11-24-9-6-17(25,13-24)12-23-7-2-1-3-8-23/h4-5,10,25H,1-3,6-9,11-13H2. The van der Waals surface area contributed by atoms with Crippen LogP contribution in [-0.2, 0) is 12.7 Å². The molecule has 0 amide bonds. The van der Waals surface area contributed by atoms with E-state index in [0.29, 0.717) is 32.1 Å². The second-order valence-electron chi connectivity index (χ2n) is 7.33. The molecule has 7 heteroatoms. The number of piperidine rings is 1. The monoisotopic (exact) mass is 360 g/mol. The van der Waals surface area contributed by atoms with Crippen LogP contribution in [0, 0.1) is 5.82 Å². The molecule has 2 saturated heterocycles. The Bertz CT molecular complexity index is 601. The normalized spacial score (nSPS) is 26.3. The zero-order valence-corrected chi connectivity index (χ0v) is 14.2. The summed E-state index contributed by atoms with van der Waals surface area (Å²) in [5.74, 6) is -0.846. The van der Waals surface area contributed by atoms with E-state index < -0.39 is 23.2 Å². The summed E-state index contributed by atoms with van der Waals surface area (Å²) in [5.41, 5.74) is -1.56. The first-order valence-electron chi connectivity index (χ1n) is 8.78. The van der Waals surface area contributed by atoms with E-state index >= 15 is 0 Å². The molecule has 1 N–H and O–H groups in total. The fourth-order valence-electron chi connectivity index (χ4n) is 3.83. The van der Waals surface area contributed by atoms with Crippen molar-refractivity contribution in [2.24, 2.45) is 0 Å². The number of alkyl halides is 3. The van der Waals surface area contributed by atoms with Crippen LogP contribution in [-0.4, -0.2) is 53.2 Å². The highest BCUT2D eigenvalue weighted by atomic mass is 19.4. The zero-order valence-electron chi connectivity index (χ0n) is 14.2. The van der Waals surface area contributed by atoms with E-state index in [1.54, 1.807) is 0 Å². The summed E-state index contributed by atoms with van der Waals surface area (Å²) in [5, 5.41) is 10.8. The van der Waals surface area contributed by atoms with Crippen LogP contribution in [0.1, 0.15) is 36.8 Å². The molecule has 2 aliphatic heterocycles. The topological polar surface area (TPSA) is 26.7 Å². The van der Waals surface area contributed by atoms with Gasteiger partial charge in [0.05, 0.1) is 11.2 Å². The number of rotatable bonds is 4. The minimum Gasteiger partial charge on any atom is -0.387 e. The molecular formula is C18H24F4N2O. The third-order valence-electron chi connectivity index (χ3n) is 5.15. The van der Waals surface area contributed by atoms with Gasteiger partial charge in [0, 0.05) is 31.7 Å². The minimum absolute atomic E-state index is 0.215. The number of benzene rings is 1. The predicted octanol–water partition coefficient (Wildman–Crippen LogP) is 3.27. The van der Waals surface area contributed by atoms with Crippen LogP contribution >= 0.6 is 0 Å². The molecule has 0 radical (unpaired) electrons. The Hall–Kier alpha value is -1.18. The number of likely N-dealkylation sites (tertiary alicyclic amines) is 2.